The topological polar surface area (TPSA) is 66.4 Å². The number of aliphatic carboxylic acids is 1. The summed E-state index contributed by atoms with van der Waals surface area (Å²) in [4.78, 5) is 22.7. The second kappa shape index (κ2) is 8.97. The minimum Gasteiger partial charge on any atom is -0.480 e. The molecule has 0 heterocycles. The SMILES string of the molecule is CSCC[C@H](NC(=O)/C=C/c1ccc(Cl)c(Cl)c1)C(=O)O. The molecule has 1 amide bonds. The van der Waals surface area contributed by atoms with Crippen LogP contribution in [-0.2, 0) is 9.59 Å². The lowest BCUT2D eigenvalue weighted by Gasteiger charge is -2.12. The highest BCUT2D eigenvalue weighted by atomic mass is 35.5. The molecule has 0 saturated heterocycles. The summed E-state index contributed by atoms with van der Waals surface area (Å²) < 4.78 is 0. The number of rotatable bonds is 7. The van der Waals surface area contributed by atoms with Gasteiger partial charge in [-0.25, -0.2) is 4.79 Å². The highest BCUT2D eigenvalue weighted by Crippen LogP contribution is 2.23. The number of carbonyl (C=O) groups is 2. The molecule has 1 aromatic rings. The third kappa shape index (κ3) is 6.42. The van der Waals surface area contributed by atoms with E-state index in [-0.39, 0.29) is 0 Å². The van der Waals surface area contributed by atoms with Crippen molar-refractivity contribution < 1.29 is 14.7 Å². The molecule has 0 aliphatic carbocycles. The first-order valence-corrected chi connectivity index (χ1v) is 8.24. The number of hydrogen-bond donors (Lipinski definition) is 2. The van der Waals surface area contributed by atoms with E-state index in [4.69, 9.17) is 28.3 Å². The minimum absolute atomic E-state index is 0.378. The van der Waals surface area contributed by atoms with Crippen molar-refractivity contribution >= 4 is 52.9 Å². The van der Waals surface area contributed by atoms with E-state index in [1.54, 1.807) is 24.3 Å². The summed E-state index contributed by atoms with van der Waals surface area (Å²) in [5.41, 5.74) is 0.704. The molecule has 0 bridgehead atoms. The van der Waals surface area contributed by atoms with Gasteiger partial charge in [0.1, 0.15) is 6.04 Å². The van der Waals surface area contributed by atoms with Crippen LogP contribution in [0.3, 0.4) is 0 Å². The molecule has 0 unspecified atom stereocenters. The van der Waals surface area contributed by atoms with Crippen LogP contribution in [0.25, 0.3) is 6.08 Å². The van der Waals surface area contributed by atoms with Crippen LogP contribution in [0, 0.1) is 0 Å². The van der Waals surface area contributed by atoms with Crippen molar-refractivity contribution in [1.82, 2.24) is 5.32 Å². The van der Waals surface area contributed by atoms with E-state index < -0.39 is 17.9 Å². The Hall–Kier alpha value is -1.17. The Morgan fingerprint density at radius 3 is 2.67 bits per heavy atom. The summed E-state index contributed by atoms with van der Waals surface area (Å²) in [5, 5.41) is 12.3. The van der Waals surface area contributed by atoms with E-state index >= 15 is 0 Å². The fraction of sp³-hybridized carbons (Fsp3) is 0.286. The van der Waals surface area contributed by atoms with E-state index in [0.29, 0.717) is 27.8 Å². The van der Waals surface area contributed by atoms with Gasteiger partial charge in [-0.2, -0.15) is 11.8 Å². The highest BCUT2D eigenvalue weighted by Gasteiger charge is 2.17. The maximum Gasteiger partial charge on any atom is 0.326 e. The van der Waals surface area contributed by atoms with Gasteiger partial charge in [-0.3, -0.25) is 4.79 Å². The molecule has 0 aromatic heterocycles. The average Bonchev–Trinajstić information content (AvgIpc) is 2.44. The molecule has 0 saturated carbocycles. The molecule has 0 radical (unpaired) electrons. The number of carboxylic acids is 1. The number of nitrogens with one attached hydrogen (secondary N) is 1. The largest absolute Gasteiger partial charge is 0.480 e. The molecule has 0 fully saturated rings. The molecule has 4 nitrogen and oxygen atoms in total. The maximum atomic E-state index is 11.7. The number of benzene rings is 1. The number of amides is 1. The van der Waals surface area contributed by atoms with E-state index in [1.165, 1.54) is 17.8 Å². The summed E-state index contributed by atoms with van der Waals surface area (Å²) in [6.45, 7) is 0. The Morgan fingerprint density at radius 2 is 2.10 bits per heavy atom. The van der Waals surface area contributed by atoms with Gasteiger partial charge in [0.2, 0.25) is 5.91 Å². The Bertz CT molecular complexity index is 549. The number of carbonyl (C=O) groups excluding carboxylic acids is 1. The van der Waals surface area contributed by atoms with Crippen LogP contribution < -0.4 is 5.32 Å². The van der Waals surface area contributed by atoms with Gasteiger partial charge in [-0.1, -0.05) is 29.3 Å². The zero-order chi connectivity index (χ0) is 15.8. The van der Waals surface area contributed by atoms with E-state index in [9.17, 15) is 9.59 Å². The number of carboxylic acid groups (broad SMARTS) is 1. The summed E-state index contributed by atoms with van der Waals surface area (Å²) in [7, 11) is 0. The van der Waals surface area contributed by atoms with E-state index in [0.717, 1.165) is 0 Å². The van der Waals surface area contributed by atoms with Crippen molar-refractivity contribution in [3.8, 4) is 0 Å². The smallest absolute Gasteiger partial charge is 0.326 e. The normalized spacial score (nSPS) is 12.3. The van der Waals surface area contributed by atoms with Crippen molar-refractivity contribution in [2.24, 2.45) is 0 Å². The van der Waals surface area contributed by atoms with Crippen molar-refractivity contribution in [3.05, 3.63) is 39.9 Å². The van der Waals surface area contributed by atoms with Crippen LogP contribution in [0.2, 0.25) is 10.0 Å². The zero-order valence-corrected chi connectivity index (χ0v) is 13.6. The number of hydrogen-bond acceptors (Lipinski definition) is 3. The van der Waals surface area contributed by atoms with Gasteiger partial charge in [0.15, 0.2) is 0 Å². The van der Waals surface area contributed by atoms with Crippen LogP contribution in [0.4, 0.5) is 0 Å². The molecule has 1 atom stereocenters. The van der Waals surface area contributed by atoms with Crippen molar-refractivity contribution in [3.63, 3.8) is 0 Å². The van der Waals surface area contributed by atoms with Crippen LogP contribution in [0.1, 0.15) is 12.0 Å². The van der Waals surface area contributed by atoms with E-state index in [2.05, 4.69) is 5.32 Å². The maximum absolute atomic E-state index is 11.7. The zero-order valence-electron chi connectivity index (χ0n) is 11.3. The third-order valence-corrected chi connectivity index (χ3v) is 3.98. The highest BCUT2D eigenvalue weighted by molar-refractivity contribution is 7.98. The Morgan fingerprint density at radius 1 is 1.38 bits per heavy atom. The molecule has 0 aliphatic heterocycles. The first-order valence-electron chi connectivity index (χ1n) is 6.09. The summed E-state index contributed by atoms with van der Waals surface area (Å²) in [5.74, 6) is -0.844. The summed E-state index contributed by atoms with van der Waals surface area (Å²) in [6, 6.07) is 4.07. The van der Waals surface area contributed by atoms with Crippen molar-refractivity contribution in [2.75, 3.05) is 12.0 Å². The number of halogens is 2. The quantitative estimate of drug-likeness (QED) is 0.742. The lowest BCUT2D eigenvalue weighted by molar-refractivity contribution is -0.141. The lowest BCUT2D eigenvalue weighted by Crippen LogP contribution is -2.40. The van der Waals surface area contributed by atoms with E-state index in [1.807, 2.05) is 6.26 Å². The Balaban J connectivity index is 2.64. The van der Waals surface area contributed by atoms with Gasteiger partial charge in [-0.05, 0) is 42.2 Å². The lowest BCUT2D eigenvalue weighted by atomic mass is 10.2. The fourth-order valence-corrected chi connectivity index (χ4v) is 2.28. The second-order valence-electron chi connectivity index (χ2n) is 4.19. The summed E-state index contributed by atoms with van der Waals surface area (Å²) >= 11 is 13.2. The fourth-order valence-electron chi connectivity index (χ4n) is 1.50. The van der Waals surface area contributed by atoms with Gasteiger partial charge in [-0.15, -0.1) is 0 Å². The molecule has 114 valence electrons. The first kappa shape index (κ1) is 17.9. The predicted molar refractivity (Wildman–Crippen MR) is 88.1 cm³/mol. The van der Waals surface area contributed by atoms with Crippen molar-refractivity contribution in [1.29, 1.82) is 0 Å². The first-order chi connectivity index (χ1) is 9.93. The van der Waals surface area contributed by atoms with Gasteiger partial charge in [0.25, 0.3) is 0 Å². The molecular formula is C14H15Cl2NO3S. The summed E-state index contributed by atoms with van der Waals surface area (Å²) in [6.07, 6.45) is 5.08. The second-order valence-corrected chi connectivity index (χ2v) is 5.99. The molecule has 0 spiro atoms. The molecule has 2 N–H and O–H groups in total. The van der Waals surface area contributed by atoms with Crippen LogP contribution >= 0.6 is 35.0 Å². The monoisotopic (exact) mass is 347 g/mol. The average molecular weight is 348 g/mol. The molecule has 1 rings (SSSR count). The molecule has 7 heteroatoms. The van der Waals surface area contributed by atoms with Crippen molar-refractivity contribution in [2.45, 2.75) is 12.5 Å². The minimum atomic E-state index is -1.04. The Labute approximate surface area is 137 Å². The molecule has 21 heavy (non-hydrogen) atoms. The molecule has 1 aromatic carbocycles. The molecular weight excluding hydrogens is 333 g/mol. The van der Waals surface area contributed by atoms with Crippen LogP contribution in [0.15, 0.2) is 24.3 Å². The van der Waals surface area contributed by atoms with Crippen LogP contribution in [0.5, 0.6) is 0 Å². The van der Waals surface area contributed by atoms with Gasteiger partial charge in [0, 0.05) is 6.08 Å². The molecule has 0 aliphatic rings. The number of thioether (sulfide) groups is 1. The predicted octanol–water partition coefficient (Wildman–Crippen LogP) is 3.33. The third-order valence-electron chi connectivity index (χ3n) is 2.60. The van der Waals surface area contributed by atoms with Crippen LogP contribution in [-0.4, -0.2) is 35.0 Å². The Kier molecular flexibility index (Phi) is 7.64. The van der Waals surface area contributed by atoms with Gasteiger partial charge >= 0.3 is 5.97 Å². The van der Waals surface area contributed by atoms with Gasteiger partial charge < -0.3 is 10.4 Å². The standard InChI is InChI=1S/C14H15Cl2NO3S/c1-21-7-6-12(14(19)20)17-13(18)5-3-9-2-4-10(15)11(16)8-9/h2-5,8,12H,6-7H2,1H3,(H,17,18)(H,19,20)/b5-3+/t12-/m0/s1. The van der Waals surface area contributed by atoms with Gasteiger partial charge in [0.05, 0.1) is 10.0 Å².